The number of anilines is 2. The summed E-state index contributed by atoms with van der Waals surface area (Å²) in [6, 6.07) is 4.35. The summed E-state index contributed by atoms with van der Waals surface area (Å²) in [5.74, 6) is -1.02. The van der Waals surface area contributed by atoms with Crippen molar-refractivity contribution in [3.63, 3.8) is 0 Å². The Bertz CT molecular complexity index is 464. The number of rotatable bonds is 6. The number of carboxylic acids is 1. The second-order valence-electron chi connectivity index (χ2n) is 3.64. The second-order valence-corrected chi connectivity index (χ2v) is 4.31. The quantitative estimate of drug-likeness (QED) is 0.555. The molecule has 0 aromatic heterocycles. The van der Waals surface area contributed by atoms with Crippen molar-refractivity contribution >= 4 is 28.6 Å². The van der Waals surface area contributed by atoms with E-state index >= 15 is 0 Å². The molecule has 0 bridgehead atoms. The summed E-state index contributed by atoms with van der Waals surface area (Å²) < 4.78 is 23.5. The van der Waals surface area contributed by atoms with Crippen LogP contribution in [0.15, 0.2) is 18.2 Å². The van der Waals surface area contributed by atoms with E-state index in [-0.39, 0.29) is 6.54 Å². The van der Waals surface area contributed by atoms with Crippen LogP contribution in [0.1, 0.15) is 18.5 Å². The Labute approximate surface area is 107 Å². The molecule has 0 heterocycles. The Morgan fingerprint density at radius 1 is 1.56 bits per heavy atom. The molecule has 0 aliphatic rings. The van der Waals surface area contributed by atoms with Gasteiger partial charge in [0.25, 0.3) is 0 Å². The van der Waals surface area contributed by atoms with Gasteiger partial charge in [0.15, 0.2) is 0 Å². The summed E-state index contributed by atoms with van der Waals surface area (Å²) >= 11 is -2.46. The highest BCUT2D eigenvalue weighted by atomic mass is 32.2. The number of hydrogen-bond acceptors (Lipinski definition) is 5. The molecule has 8 heteroatoms. The minimum atomic E-state index is -2.46. The summed E-state index contributed by atoms with van der Waals surface area (Å²) in [5, 5.41) is 11.3. The lowest BCUT2D eigenvalue weighted by atomic mass is 10.0. The SMILES string of the molecule is CC(N)c1c(NCC(=O)O)cccc1NS(=O)[O-]. The molecule has 1 aromatic rings. The standard InChI is InChI=1S/C10H15N3O4S/c1-6(11)10-7(12-5-9(14)15)3-2-4-8(10)13-18(16)17/h2-4,6,12-13H,5,11H2,1H3,(H,14,15)(H,16,17)/p-1. The van der Waals surface area contributed by atoms with Crippen molar-refractivity contribution in [1.82, 2.24) is 0 Å². The van der Waals surface area contributed by atoms with Crippen LogP contribution in [0, 0.1) is 0 Å². The summed E-state index contributed by atoms with van der Waals surface area (Å²) in [6.45, 7) is 1.41. The maximum atomic E-state index is 10.7. The van der Waals surface area contributed by atoms with Crippen LogP contribution in [-0.2, 0) is 16.1 Å². The molecule has 7 nitrogen and oxygen atoms in total. The number of nitrogens with one attached hydrogen (secondary N) is 2. The zero-order valence-electron chi connectivity index (χ0n) is 9.67. The highest BCUT2D eigenvalue weighted by molar-refractivity contribution is 7.80. The first-order valence-corrected chi connectivity index (χ1v) is 6.19. The zero-order valence-corrected chi connectivity index (χ0v) is 10.5. The normalized spacial score (nSPS) is 13.7. The fourth-order valence-electron chi connectivity index (χ4n) is 1.56. The van der Waals surface area contributed by atoms with Gasteiger partial charge in [0.2, 0.25) is 0 Å². The largest absolute Gasteiger partial charge is 0.755 e. The molecule has 0 fully saturated rings. The maximum absolute atomic E-state index is 10.7. The van der Waals surface area contributed by atoms with Crippen molar-refractivity contribution in [3.8, 4) is 0 Å². The monoisotopic (exact) mass is 272 g/mol. The molecule has 2 unspecified atom stereocenters. The molecule has 2 atom stereocenters. The van der Waals surface area contributed by atoms with Crippen LogP contribution in [0.4, 0.5) is 11.4 Å². The molecular formula is C10H14N3O4S-. The lowest BCUT2D eigenvalue weighted by Gasteiger charge is -2.20. The van der Waals surface area contributed by atoms with Gasteiger partial charge in [-0.05, 0) is 19.1 Å². The van der Waals surface area contributed by atoms with Gasteiger partial charge in [-0.1, -0.05) is 6.07 Å². The molecule has 1 aromatic carbocycles. The fraction of sp³-hybridized carbons (Fsp3) is 0.300. The number of hydrogen-bond donors (Lipinski definition) is 4. The van der Waals surface area contributed by atoms with E-state index in [9.17, 15) is 13.6 Å². The van der Waals surface area contributed by atoms with E-state index in [0.29, 0.717) is 16.9 Å². The summed E-state index contributed by atoms with van der Waals surface area (Å²) in [6.07, 6.45) is 0. The third kappa shape index (κ3) is 3.99. The average Bonchev–Trinajstić information content (AvgIpc) is 2.25. The third-order valence-corrected chi connectivity index (χ3v) is 2.57. The predicted molar refractivity (Wildman–Crippen MR) is 67.7 cm³/mol. The highest BCUT2D eigenvalue weighted by Gasteiger charge is 2.13. The highest BCUT2D eigenvalue weighted by Crippen LogP contribution is 2.29. The first-order valence-electron chi connectivity index (χ1n) is 5.12. The van der Waals surface area contributed by atoms with Crippen LogP contribution < -0.4 is 15.8 Å². The molecule has 18 heavy (non-hydrogen) atoms. The molecule has 0 radical (unpaired) electrons. The maximum Gasteiger partial charge on any atom is 0.322 e. The Kier molecular flexibility index (Phi) is 5.08. The molecular weight excluding hydrogens is 258 g/mol. The first-order chi connectivity index (χ1) is 8.41. The lowest BCUT2D eigenvalue weighted by Crippen LogP contribution is -2.17. The van der Waals surface area contributed by atoms with Gasteiger partial charge in [-0.3, -0.25) is 9.00 Å². The Morgan fingerprint density at radius 2 is 2.17 bits per heavy atom. The van der Waals surface area contributed by atoms with Crippen LogP contribution in [0.5, 0.6) is 0 Å². The molecule has 0 saturated heterocycles. The van der Waals surface area contributed by atoms with Gasteiger partial charge in [0.05, 0.1) is 5.69 Å². The Hall–Kier alpha value is -1.64. The molecule has 100 valence electrons. The minimum Gasteiger partial charge on any atom is -0.755 e. The van der Waals surface area contributed by atoms with Gasteiger partial charge in [-0.2, -0.15) is 0 Å². The topological polar surface area (TPSA) is 128 Å². The Morgan fingerprint density at radius 3 is 2.67 bits per heavy atom. The van der Waals surface area contributed by atoms with Crippen molar-refractivity contribution in [2.75, 3.05) is 16.6 Å². The Balaban J connectivity index is 3.08. The number of benzene rings is 1. The van der Waals surface area contributed by atoms with E-state index < -0.39 is 23.3 Å². The molecule has 0 aliphatic carbocycles. The van der Waals surface area contributed by atoms with Crippen molar-refractivity contribution in [2.24, 2.45) is 5.73 Å². The number of aliphatic carboxylic acids is 1. The van der Waals surface area contributed by atoms with Crippen LogP contribution in [0.2, 0.25) is 0 Å². The number of carbonyl (C=O) groups is 1. The fourth-order valence-corrected chi connectivity index (χ4v) is 1.92. The van der Waals surface area contributed by atoms with Crippen LogP contribution >= 0.6 is 0 Å². The van der Waals surface area contributed by atoms with Gasteiger partial charge in [-0.15, -0.1) is 0 Å². The van der Waals surface area contributed by atoms with Crippen molar-refractivity contribution < 1.29 is 18.7 Å². The molecule has 5 N–H and O–H groups in total. The van der Waals surface area contributed by atoms with Crippen LogP contribution in [0.25, 0.3) is 0 Å². The van der Waals surface area contributed by atoms with Crippen molar-refractivity contribution in [1.29, 1.82) is 0 Å². The summed E-state index contributed by atoms with van der Waals surface area (Å²) in [4.78, 5) is 10.5. The summed E-state index contributed by atoms with van der Waals surface area (Å²) in [5.41, 5.74) is 7.10. The number of nitrogens with two attached hydrogens (primary N) is 1. The van der Waals surface area contributed by atoms with Crippen LogP contribution in [0.3, 0.4) is 0 Å². The minimum absolute atomic E-state index is 0.274. The van der Waals surface area contributed by atoms with Gasteiger partial charge < -0.3 is 25.4 Å². The van der Waals surface area contributed by atoms with E-state index in [1.165, 1.54) is 0 Å². The predicted octanol–water partition coefficient (Wildman–Crippen LogP) is 0.409. The van der Waals surface area contributed by atoms with Crippen LogP contribution in [-0.4, -0.2) is 26.4 Å². The molecule has 0 aliphatic heterocycles. The van der Waals surface area contributed by atoms with Gasteiger partial charge in [-0.25, -0.2) is 0 Å². The van der Waals surface area contributed by atoms with E-state index in [0.717, 1.165) is 0 Å². The average molecular weight is 272 g/mol. The van der Waals surface area contributed by atoms with Gasteiger partial charge in [0, 0.05) is 28.6 Å². The lowest BCUT2D eigenvalue weighted by molar-refractivity contribution is -0.134. The van der Waals surface area contributed by atoms with Crippen molar-refractivity contribution in [2.45, 2.75) is 13.0 Å². The van der Waals surface area contributed by atoms with Gasteiger partial charge in [0.1, 0.15) is 6.54 Å². The molecule has 0 spiro atoms. The first kappa shape index (κ1) is 14.4. The summed E-state index contributed by atoms with van der Waals surface area (Å²) in [7, 11) is 0. The molecule has 0 saturated carbocycles. The van der Waals surface area contributed by atoms with Crippen molar-refractivity contribution in [3.05, 3.63) is 23.8 Å². The van der Waals surface area contributed by atoms with E-state index in [1.807, 2.05) is 0 Å². The van der Waals surface area contributed by atoms with E-state index in [4.69, 9.17) is 10.8 Å². The van der Waals surface area contributed by atoms with E-state index in [1.54, 1.807) is 25.1 Å². The van der Waals surface area contributed by atoms with E-state index in [2.05, 4.69) is 10.0 Å². The zero-order chi connectivity index (χ0) is 13.7. The van der Waals surface area contributed by atoms with Gasteiger partial charge >= 0.3 is 5.97 Å². The second kappa shape index (κ2) is 6.34. The third-order valence-electron chi connectivity index (χ3n) is 2.18. The number of carboxylic acid groups (broad SMARTS) is 1. The molecule has 0 amide bonds. The smallest absolute Gasteiger partial charge is 0.322 e. The molecule has 1 rings (SSSR count).